The zero-order chi connectivity index (χ0) is 20.4. The van der Waals surface area contributed by atoms with Crippen LogP contribution in [0.3, 0.4) is 0 Å². The van der Waals surface area contributed by atoms with E-state index in [1.807, 2.05) is 30.3 Å². The van der Waals surface area contributed by atoms with E-state index < -0.39 is 6.61 Å². The molecule has 0 N–H and O–H groups in total. The number of rotatable bonds is 7. The summed E-state index contributed by atoms with van der Waals surface area (Å²) in [6.07, 6.45) is 1.97. The number of amides is 1. The number of nitrogens with zero attached hydrogens (tertiary/aromatic N) is 2. The second-order valence-corrected chi connectivity index (χ2v) is 7.06. The van der Waals surface area contributed by atoms with Gasteiger partial charge in [-0.15, -0.1) is 0 Å². The highest BCUT2D eigenvalue weighted by molar-refractivity contribution is 5.94. The van der Waals surface area contributed by atoms with Gasteiger partial charge in [0.2, 0.25) is 5.89 Å². The molecule has 4 rings (SSSR count). The fraction of sp³-hybridized carbons (Fsp3) is 0.273. The number of halogens is 2. The average Bonchev–Trinajstić information content (AvgIpc) is 3.47. The van der Waals surface area contributed by atoms with Crippen LogP contribution in [0.15, 0.2) is 59.0 Å². The lowest BCUT2D eigenvalue weighted by Gasteiger charge is -2.16. The Kier molecular flexibility index (Phi) is 5.29. The number of hydrogen-bond acceptors (Lipinski definition) is 4. The van der Waals surface area contributed by atoms with Gasteiger partial charge >= 0.3 is 6.61 Å². The Morgan fingerprint density at radius 1 is 1.17 bits per heavy atom. The summed E-state index contributed by atoms with van der Waals surface area (Å²) < 4.78 is 34.8. The predicted molar refractivity (Wildman–Crippen MR) is 103 cm³/mol. The molecule has 7 heteroatoms. The van der Waals surface area contributed by atoms with Crippen LogP contribution in [0.2, 0.25) is 0 Å². The Morgan fingerprint density at radius 3 is 2.48 bits per heavy atom. The van der Waals surface area contributed by atoms with Crippen molar-refractivity contribution < 1.29 is 22.7 Å². The van der Waals surface area contributed by atoms with Crippen LogP contribution >= 0.6 is 0 Å². The molecule has 0 bridgehead atoms. The molecule has 0 aliphatic heterocycles. The van der Waals surface area contributed by atoms with Crippen LogP contribution in [0, 0.1) is 0 Å². The van der Waals surface area contributed by atoms with Crippen molar-refractivity contribution >= 4 is 5.91 Å². The van der Waals surface area contributed by atoms with Gasteiger partial charge in [-0.3, -0.25) is 4.79 Å². The van der Waals surface area contributed by atoms with Gasteiger partial charge in [-0.05, 0) is 42.7 Å². The topological polar surface area (TPSA) is 55.6 Å². The standard InChI is InChI=1S/C22H20F2N2O3/c1-26(13-14-7-11-17(12-8-14)28-22(23)24)21(27)18-19(15-9-10-15)29-20(25-18)16-5-3-2-4-6-16/h2-8,11-12,15,22H,9-10,13H2,1H3. The molecular weight excluding hydrogens is 378 g/mol. The summed E-state index contributed by atoms with van der Waals surface area (Å²) in [5.74, 6) is 1.17. The summed E-state index contributed by atoms with van der Waals surface area (Å²) in [5, 5.41) is 0. The molecule has 0 unspecified atom stereocenters. The molecule has 1 fully saturated rings. The SMILES string of the molecule is CN(Cc1ccc(OC(F)F)cc1)C(=O)c1nc(-c2ccccc2)oc1C1CC1. The minimum absolute atomic E-state index is 0.0813. The van der Waals surface area contributed by atoms with Gasteiger partial charge in [0.1, 0.15) is 11.5 Å². The normalized spacial score (nSPS) is 13.5. The summed E-state index contributed by atoms with van der Waals surface area (Å²) in [4.78, 5) is 19.1. The van der Waals surface area contributed by atoms with E-state index in [0.717, 1.165) is 24.0 Å². The van der Waals surface area contributed by atoms with Gasteiger partial charge in [-0.2, -0.15) is 8.78 Å². The number of oxazole rings is 1. The van der Waals surface area contributed by atoms with Crippen molar-refractivity contribution in [3.63, 3.8) is 0 Å². The first-order chi connectivity index (χ1) is 14.0. The van der Waals surface area contributed by atoms with Crippen LogP contribution in [-0.2, 0) is 6.54 Å². The largest absolute Gasteiger partial charge is 0.440 e. The second kappa shape index (κ2) is 8.03. The zero-order valence-corrected chi connectivity index (χ0v) is 15.8. The number of hydrogen-bond donors (Lipinski definition) is 0. The second-order valence-electron chi connectivity index (χ2n) is 7.06. The Balaban J connectivity index is 1.52. The molecule has 1 aliphatic carbocycles. The molecule has 0 spiro atoms. The summed E-state index contributed by atoms with van der Waals surface area (Å²) in [7, 11) is 1.68. The Bertz CT molecular complexity index is 983. The third-order valence-electron chi connectivity index (χ3n) is 4.74. The number of ether oxygens (including phenoxy) is 1. The summed E-state index contributed by atoms with van der Waals surface area (Å²) >= 11 is 0. The third-order valence-corrected chi connectivity index (χ3v) is 4.74. The first-order valence-corrected chi connectivity index (χ1v) is 9.36. The molecule has 150 valence electrons. The van der Waals surface area contributed by atoms with Gasteiger partial charge in [0, 0.05) is 25.1 Å². The predicted octanol–water partition coefficient (Wildman–Crippen LogP) is 5.09. The Hall–Kier alpha value is -3.22. The molecule has 1 aromatic heterocycles. The van der Waals surface area contributed by atoms with Crippen LogP contribution in [-0.4, -0.2) is 29.5 Å². The van der Waals surface area contributed by atoms with Crippen molar-refractivity contribution in [1.29, 1.82) is 0 Å². The van der Waals surface area contributed by atoms with E-state index in [9.17, 15) is 13.6 Å². The van der Waals surface area contributed by atoms with Crippen molar-refractivity contribution in [3.8, 4) is 17.2 Å². The lowest BCUT2D eigenvalue weighted by molar-refractivity contribution is -0.0498. The number of aromatic nitrogens is 1. The van der Waals surface area contributed by atoms with Gasteiger partial charge in [0.25, 0.3) is 5.91 Å². The molecule has 1 saturated carbocycles. The van der Waals surface area contributed by atoms with Crippen LogP contribution < -0.4 is 4.74 Å². The van der Waals surface area contributed by atoms with Gasteiger partial charge < -0.3 is 14.1 Å². The molecule has 5 nitrogen and oxygen atoms in total. The van der Waals surface area contributed by atoms with E-state index >= 15 is 0 Å². The fourth-order valence-electron chi connectivity index (χ4n) is 3.11. The molecule has 1 aliphatic rings. The average molecular weight is 398 g/mol. The van der Waals surface area contributed by atoms with Crippen LogP contribution in [0.5, 0.6) is 5.75 Å². The summed E-state index contributed by atoms with van der Waals surface area (Å²) in [6, 6.07) is 15.7. The minimum Gasteiger partial charge on any atom is -0.440 e. The maximum absolute atomic E-state index is 13.0. The molecule has 0 radical (unpaired) electrons. The molecule has 3 aromatic rings. The third kappa shape index (κ3) is 4.45. The van der Waals surface area contributed by atoms with Gasteiger partial charge in [-0.1, -0.05) is 30.3 Å². The monoisotopic (exact) mass is 398 g/mol. The van der Waals surface area contributed by atoms with Crippen molar-refractivity contribution in [3.05, 3.63) is 71.6 Å². The quantitative estimate of drug-likeness (QED) is 0.556. The van der Waals surface area contributed by atoms with E-state index in [1.165, 1.54) is 12.1 Å². The highest BCUT2D eigenvalue weighted by atomic mass is 19.3. The van der Waals surface area contributed by atoms with E-state index in [-0.39, 0.29) is 17.6 Å². The Morgan fingerprint density at radius 2 is 1.86 bits per heavy atom. The number of carbonyl (C=O) groups excluding carboxylic acids is 1. The molecule has 2 aromatic carbocycles. The molecule has 29 heavy (non-hydrogen) atoms. The summed E-state index contributed by atoms with van der Waals surface area (Å²) in [5.41, 5.74) is 1.96. The number of carbonyl (C=O) groups is 1. The maximum Gasteiger partial charge on any atom is 0.387 e. The molecule has 0 atom stereocenters. The van der Waals surface area contributed by atoms with E-state index in [2.05, 4.69) is 9.72 Å². The van der Waals surface area contributed by atoms with Crippen molar-refractivity contribution in [2.75, 3.05) is 7.05 Å². The van der Waals surface area contributed by atoms with Crippen LogP contribution in [0.4, 0.5) is 8.78 Å². The van der Waals surface area contributed by atoms with Gasteiger partial charge in [0.05, 0.1) is 0 Å². The van der Waals surface area contributed by atoms with Crippen LogP contribution in [0.1, 0.15) is 40.6 Å². The van der Waals surface area contributed by atoms with Gasteiger partial charge in [-0.25, -0.2) is 4.98 Å². The molecular formula is C22H20F2N2O3. The summed E-state index contributed by atoms with van der Waals surface area (Å²) in [6.45, 7) is -2.55. The van der Waals surface area contributed by atoms with Crippen molar-refractivity contribution in [2.24, 2.45) is 0 Å². The van der Waals surface area contributed by atoms with Crippen molar-refractivity contribution in [2.45, 2.75) is 31.9 Å². The first kappa shape index (κ1) is 19.1. The minimum atomic E-state index is -2.86. The number of benzene rings is 2. The fourth-order valence-corrected chi connectivity index (χ4v) is 3.11. The van der Waals surface area contributed by atoms with Crippen molar-refractivity contribution in [1.82, 2.24) is 9.88 Å². The van der Waals surface area contributed by atoms with E-state index in [0.29, 0.717) is 23.9 Å². The molecule has 0 saturated heterocycles. The Labute approximate surface area is 166 Å². The number of alkyl halides is 2. The lowest BCUT2D eigenvalue weighted by Crippen LogP contribution is -2.27. The zero-order valence-electron chi connectivity index (χ0n) is 15.8. The molecule has 1 heterocycles. The maximum atomic E-state index is 13.0. The smallest absolute Gasteiger partial charge is 0.387 e. The van der Waals surface area contributed by atoms with E-state index in [1.54, 1.807) is 24.1 Å². The van der Waals surface area contributed by atoms with Gasteiger partial charge in [0.15, 0.2) is 5.69 Å². The highest BCUT2D eigenvalue weighted by Gasteiger charge is 2.35. The molecule has 1 amide bonds. The first-order valence-electron chi connectivity index (χ1n) is 9.36. The lowest BCUT2D eigenvalue weighted by atomic mass is 10.2. The highest BCUT2D eigenvalue weighted by Crippen LogP contribution is 2.43. The van der Waals surface area contributed by atoms with E-state index in [4.69, 9.17) is 4.42 Å². The van der Waals surface area contributed by atoms with Crippen LogP contribution in [0.25, 0.3) is 11.5 Å².